The lowest BCUT2D eigenvalue weighted by molar-refractivity contribution is -0.116. The zero-order valence-electron chi connectivity index (χ0n) is 13.8. The van der Waals surface area contributed by atoms with Gasteiger partial charge in [0.25, 0.3) is 0 Å². The number of benzene rings is 1. The van der Waals surface area contributed by atoms with Crippen LogP contribution in [0, 0.1) is 6.92 Å². The van der Waals surface area contributed by atoms with Gasteiger partial charge < -0.3 is 5.32 Å². The van der Waals surface area contributed by atoms with Crippen LogP contribution in [0.5, 0.6) is 0 Å². The molecule has 124 valence electrons. The molecule has 0 saturated heterocycles. The van der Waals surface area contributed by atoms with E-state index in [0.717, 1.165) is 23.1 Å². The SMILES string of the molecule is CCCn1c(=O)n(CC(=O)Nc2cccc(C)n2)c2ccccc21. The molecule has 2 heterocycles. The highest BCUT2D eigenvalue weighted by Gasteiger charge is 2.15. The zero-order chi connectivity index (χ0) is 17.1. The highest BCUT2D eigenvalue weighted by molar-refractivity contribution is 5.90. The normalized spacial score (nSPS) is 10.9. The van der Waals surface area contributed by atoms with E-state index < -0.39 is 0 Å². The monoisotopic (exact) mass is 324 g/mol. The Morgan fingerprint density at radius 2 is 1.79 bits per heavy atom. The number of imidazole rings is 1. The van der Waals surface area contributed by atoms with E-state index in [2.05, 4.69) is 10.3 Å². The molecule has 0 aliphatic carbocycles. The van der Waals surface area contributed by atoms with Crippen LogP contribution in [-0.4, -0.2) is 20.0 Å². The number of aryl methyl sites for hydroxylation is 2. The van der Waals surface area contributed by atoms with Gasteiger partial charge in [0.1, 0.15) is 12.4 Å². The minimum absolute atomic E-state index is 0.0360. The zero-order valence-corrected chi connectivity index (χ0v) is 13.8. The highest BCUT2D eigenvalue weighted by Crippen LogP contribution is 2.13. The fourth-order valence-corrected chi connectivity index (χ4v) is 2.80. The van der Waals surface area contributed by atoms with E-state index in [1.807, 2.05) is 50.2 Å². The number of rotatable bonds is 5. The van der Waals surface area contributed by atoms with E-state index in [1.165, 1.54) is 4.57 Å². The van der Waals surface area contributed by atoms with Gasteiger partial charge in [-0.3, -0.25) is 13.9 Å². The van der Waals surface area contributed by atoms with Crippen LogP contribution in [0.1, 0.15) is 19.0 Å². The Hall–Kier alpha value is -2.89. The molecule has 1 N–H and O–H groups in total. The molecule has 0 atom stereocenters. The number of pyridine rings is 1. The van der Waals surface area contributed by atoms with Crippen LogP contribution >= 0.6 is 0 Å². The quantitative estimate of drug-likeness (QED) is 0.784. The first kappa shape index (κ1) is 16.0. The maximum Gasteiger partial charge on any atom is 0.329 e. The standard InChI is InChI=1S/C18H20N4O2/c1-3-11-21-14-8-4-5-9-15(14)22(18(21)24)12-17(23)20-16-10-6-7-13(2)19-16/h4-10H,3,11-12H2,1-2H3,(H,19,20,23). The Morgan fingerprint density at radius 3 is 2.46 bits per heavy atom. The van der Waals surface area contributed by atoms with E-state index in [9.17, 15) is 9.59 Å². The number of nitrogens with zero attached hydrogens (tertiary/aromatic N) is 3. The van der Waals surface area contributed by atoms with Gasteiger partial charge >= 0.3 is 5.69 Å². The van der Waals surface area contributed by atoms with Crippen LogP contribution in [0.2, 0.25) is 0 Å². The second-order valence-corrected chi connectivity index (χ2v) is 5.72. The second kappa shape index (κ2) is 6.70. The van der Waals surface area contributed by atoms with Crippen molar-refractivity contribution >= 4 is 22.8 Å². The Bertz CT molecular complexity index is 940. The number of hydrogen-bond acceptors (Lipinski definition) is 3. The molecule has 2 aromatic heterocycles. The molecule has 0 aliphatic heterocycles. The van der Waals surface area contributed by atoms with Crippen LogP contribution in [-0.2, 0) is 17.9 Å². The minimum atomic E-state index is -0.269. The predicted octanol–water partition coefficient (Wildman–Crippen LogP) is 2.56. The van der Waals surface area contributed by atoms with Gasteiger partial charge in [-0.15, -0.1) is 0 Å². The number of anilines is 1. The number of amides is 1. The second-order valence-electron chi connectivity index (χ2n) is 5.72. The third-order valence-electron chi connectivity index (χ3n) is 3.83. The number of carbonyl (C=O) groups excluding carboxylic acids is 1. The third kappa shape index (κ3) is 3.08. The Labute approximate surface area is 139 Å². The van der Waals surface area contributed by atoms with E-state index in [0.29, 0.717) is 12.4 Å². The van der Waals surface area contributed by atoms with Crippen molar-refractivity contribution in [2.24, 2.45) is 0 Å². The maximum absolute atomic E-state index is 12.7. The van der Waals surface area contributed by atoms with Crippen molar-refractivity contribution in [2.75, 3.05) is 5.32 Å². The number of hydrogen-bond donors (Lipinski definition) is 1. The minimum Gasteiger partial charge on any atom is -0.309 e. The van der Waals surface area contributed by atoms with Crippen molar-refractivity contribution in [3.63, 3.8) is 0 Å². The molecule has 0 saturated carbocycles. The number of nitrogens with one attached hydrogen (secondary N) is 1. The molecular formula is C18H20N4O2. The summed E-state index contributed by atoms with van der Waals surface area (Å²) in [5, 5.41) is 2.75. The van der Waals surface area contributed by atoms with Gasteiger partial charge in [0.15, 0.2) is 0 Å². The van der Waals surface area contributed by atoms with Crippen molar-refractivity contribution < 1.29 is 4.79 Å². The molecule has 24 heavy (non-hydrogen) atoms. The van der Waals surface area contributed by atoms with Gasteiger partial charge in [-0.1, -0.05) is 25.1 Å². The average molecular weight is 324 g/mol. The van der Waals surface area contributed by atoms with Gasteiger partial charge in [0.2, 0.25) is 5.91 Å². The van der Waals surface area contributed by atoms with Crippen molar-refractivity contribution in [1.29, 1.82) is 0 Å². The Morgan fingerprint density at radius 1 is 1.08 bits per heavy atom. The molecule has 0 aliphatic rings. The summed E-state index contributed by atoms with van der Waals surface area (Å²) in [6, 6.07) is 13.0. The smallest absolute Gasteiger partial charge is 0.309 e. The summed E-state index contributed by atoms with van der Waals surface area (Å²) < 4.78 is 3.23. The molecule has 3 rings (SSSR count). The van der Waals surface area contributed by atoms with Crippen molar-refractivity contribution in [3.05, 3.63) is 58.6 Å². The molecule has 0 bridgehead atoms. The van der Waals surface area contributed by atoms with Gasteiger partial charge in [-0.25, -0.2) is 9.78 Å². The molecule has 6 heteroatoms. The van der Waals surface area contributed by atoms with Crippen molar-refractivity contribution in [1.82, 2.24) is 14.1 Å². The lowest BCUT2D eigenvalue weighted by Gasteiger charge is -2.06. The van der Waals surface area contributed by atoms with Gasteiger partial charge in [-0.05, 0) is 37.6 Å². The topological polar surface area (TPSA) is 68.9 Å². The fraction of sp³-hybridized carbons (Fsp3) is 0.278. The Balaban J connectivity index is 1.91. The van der Waals surface area contributed by atoms with Crippen LogP contribution in [0.25, 0.3) is 11.0 Å². The van der Waals surface area contributed by atoms with E-state index >= 15 is 0 Å². The summed E-state index contributed by atoms with van der Waals surface area (Å²) in [5.41, 5.74) is 2.28. The predicted molar refractivity (Wildman–Crippen MR) is 94.1 cm³/mol. The number of aromatic nitrogens is 3. The summed E-state index contributed by atoms with van der Waals surface area (Å²) in [4.78, 5) is 29.2. The van der Waals surface area contributed by atoms with Crippen LogP contribution in [0.4, 0.5) is 5.82 Å². The number of carbonyl (C=O) groups is 1. The molecule has 3 aromatic rings. The summed E-state index contributed by atoms with van der Waals surface area (Å²) in [7, 11) is 0. The summed E-state index contributed by atoms with van der Waals surface area (Å²) in [6.07, 6.45) is 0.854. The lowest BCUT2D eigenvalue weighted by atomic mass is 10.3. The first-order valence-corrected chi connectivity index (χ1v) is 8.01. The number of para-hydroxylation sites is 2. The van der Waals surface area contributed by atoms with Crippen LogP contribution in [0.3, 0.4) is 0 Å². The molecule has 0 spiro atoms. The number of fused-ring (bicyclic) bond motifs is 1. The molecule has 1 amide bonds. The van der Waals surface area contributed by atoms with Crippen molar-refractivity contribution in [3.8, 4) is 0 Å². The van der Waals surface area contributed by atoms with E-state index in [1.54, 1.807) is 10.6 Å². The van der Waals surface area contributed by atoms with Crippen molar-refractivity contribution in [2.45, 2.75) is 33.4 Å². The van der Waals surface area contributed by atoms with E-state index in [-0.39, 0.29) is 18.1 Å². The lowest BCUT2D eigenvalue weighted by Crippen LogP contribution is -2.29. The third-order valence-corrected chi connectivity index (χ3v) is 3.83. The van der Waals surface area contributed by atoms with E-state index in [4.69, 9.17) is 0 Å². The maximum atomic E-state index is 12.7. The first-order chi connectivity index (χ1) is 11.6. The molecule has 0 unspecified atom stereocenters. The summed E-state index contributed by atoms with van der Waals surface area (Å²) in [6.45, 7) is 4.48. The molecule has 0 fully saturated rings. The molecule has 1 aromatic carbocycles. The average Bonchev–Trinajstić information content (AvgIpc) is 2.81. The highest BCUT2D eigenvalue weighted by atomic mass is 16.2. The largest absolute Gasteiger partial charge is 0.329 e. The summed E-state index contributed by atoms with van der Waals surface area (Å²) >= 11 is 0. The molecular weight excluding hydrogens is 304 g/mol. The van der Waals surface area contributed by atoms with Gasteiger partial charge in [-0.2, -0.15) is 0 Å². The molecule has 0 radical (unpaired) electrons. The first-order valence-electron chi connectivity index (χ1n) is 8.01. The molecule has 6 nitrogen and oxygen atoms in total. The fourth-order valence-electron chi connectivity index (χ4n) is 2.80. The van der Waals surface area contributed by atoms with Gasteiger partial charge in [0, 0.05) is 12.2 Å². The Kier molecular flexibility index (Phi) is 4.46. The van der Waals surface area contributed by atoms with Gasteiger partial charge in [0.05, 0.1) is 11.0 Å². The van der Waals surface area contributed by atoms with Crippen LogP contribution in [0.15, 0.2) is 47.3 Å². The summed E-state index contributed by atoms with van der Waals surface area (Å²) in [5.74, 6) is 0.222. The van der Waals surface area contributed by atoms with Crippen LogP contribution < -0.4 is 11.0 Å².